The van der Waals surface area contributed by atoms with Crippen molar-refractivity contribution in [2.75, 3.05) is 12.8 Å². The van der Waals surface area contributed by atoms with E-state index in [2.05, 4.69) is 4.98 Å². The van der Waals surface area contributed by atoms with Gasteiger partial charge in [-0.25, -0.2) is 0 Å². The van der Waals surface area contributed by atoms with E-state index in [9.17, 15) is 0 Å². The monoisotopic (exact) mass is 200 g/mol. The fraction of sp³-hybridized carbons (Fsp3) is 0.0833. The second kappa shape index (κ2) is 4.00. The van der Waals surface area contributed by atoms with Crippen molar-refractivity contribution in [2.45, 2.75) is 0 Å². The molecule has 3 heteroatoms. The Hall–Kier alpha value is -2.03. The minimum atomic E-state index is 0.464. The van der Waals surface area contributed by atoms with Crippen molar-refractivity contribution in [2.24, 2.45) is 0 Å². The summed E-state index contributed by atoms with van der Waals surface area (Å²) in [6.45, 7) is 0. The van der Waals surface area contributed by atoms with Gasteiger partial charge in [-0.15, -0.1) is 0 Å². The Bertz CT molecular complexity index is 454. The first-order chi connectivity index (χ1) is 7.31. The van der Waals surface area contributed by atoms with Gasteiger partial charge >= 0.3 is 0 Å². The van der Waals surface area contributed by atoms with Crippen LogP contribution in [0.4, 0.5) is 5.82 Å². The van der Waals surface area contributed by atoms with Crippen LogP contribution in [0, 0.1) is 0 Å². The molecule has 2 aromatic rings. The normalized spacial score (nSPS) is 9.93. The van der Waals surface area contributed by atoms with E-state index in [1.165, 1.54) is 0 Å². The number of methoxy groups -OCH3 is 1. The van der Waals surface area contributed by atoms with Crippen molar-refractivity contribution in [3.8, 4) is 17.0 Å². The van der Waals surface area contributed by atoms with Crippen LogP contribution in [-0.2, 0) is 0 Å². The smallest absolute Gasteiger partial charge is 0.223 e. The van der Waals surface area contributed by atoms with E-state index in [0.717, 1.165) is 11.1 Å². The summed E-state index contributed by atoms with van der Waals surface area (Å²) in [5, 5.41) is 0. The van der Waals surface area contributed by atoms with Crippen LogP contribution in [0.15, 0.2) is 42.5 Å². The van der Waals surface area contributed by atoms with Crippen LogP contribution in [0.5, 0.6) is 5.88 Å². The molecule has 0 amide bonds. The van der Waals surface area contributed by atoms with E-state index >= 15 is 0 Å². The first-order valence-corrected chi connectivity index (χ1v) is 4.67. The molecule has 1 aromatic heterocycles. The Kier molecular flexibility index (Phi) is 2.54. The number of nitrogen functional groups attached to an aromatic ring is 1. The van der Waals surface area contributed by atoms with Crippen molar-refractivity contribution in [3.63, 3.8) is 0 Å². The third-order valence-electron chi connectivity index (χ3n) is 2.16. The van der Waals surface area contributed by atoms with E-state index in [4.69, 9.17) is 10.5 Å². The number of hydrogen-bond acceptors (Lipinski definition) is 3. The molecule has 0 bridgehead atoms. The van der Waals surface area contributed by atoms with Gasteiger partial charge in [0.05, 0.1) is 7.11 Å². The summed E-state index contributed by atoms with van der Waals surface area (Å²) in [4.78, 5) is 4.12. The van der Waals surface area contributed by atoms with Gasteiger partial charge in [-0.1, -0.05) is 30.3 Å². The highest BCUT2D eigenvalue weighted by Gasteiger charge is 2.06. The van der Waals surface area contributed by atoms with Gasteiger partial charge in [0.1, 0.15) is 5.82 Å². The molecule has 0 spiro atoms. The number of nitrogens with two attached hydrogens (primary N) is 1. The first-order valence-electron chi connectivity index (χ1n) is 4.67. The summed E-state index contributed by atoms with van der Waals surface area (Å²) < 4.78 is 5.19. The molecule has 0 unspecified atom stereocenters. The van der Waals surface area contributed by atoms with E-state index in [1.807, 2.05) is 36.4 Å². The highest BCUT2D eigenvalue weighted by Crippen LogP contribution is 2.28. The molecule has 0 radical (unpaired) electrons. The van der Waals surface area contributed by atoms with E-state index in [-0.39, 0.29) is 0 Å². The minimum absolute atomic E-state index is 0.464. The van der Waals surface area contributed by atoms with Crippen molar-refractivity contribution < 1.29 is 4.74 Å². The van der Waals surface area contributed by atoms with Gasteiger partial charge < -0.3 is 10.5 Å². The summed E-state index contributed by atoms with van der Waals surface area (Å²) in [6, 6.07) is 13.6. The van der Waals surface area contributed by atoms with Crippen molar-refractivity contribution >= 4 is 5.82 Å². The van der Waals surface area contributed by atoms with E-state index < -0.39 is 0 Å². The molecule has 15 heavy (non-hydrogen) atoms. The van der Waals surface area contributed by atoms with Gasteiger partial charge in [-0.3, -0.25) is 0 Å². The highest BCUT2D eigenvalue weighted by molar-refractivity contribution is 5.69. The predicted molar refractivity (Wildman–Crippen MR) is 60.6 cm³/mol. The average molecular weight is 200 g/mol. The zero-order valence-corrected chi connectivity index (χ0v) is 8.47. The number of anilines is 1. The molecule has 0 aliphatic carbocycles. The lowest BCUT2D eigenvalue weighted by Crippen LogP contribution is -1.95. The van der Waals surface area contributed by atoms with Gasteiger partial charge in [0.2, 0.25) is 5.88 Å². The number of ether oxygens (including phenoxy) is 1. The molecule has 0 aliphatic rings. The molecular formula is C12H12N2O. The number of aromatic nitrogens is 1. The highest BCUT2D eigenvalue weighted by atomic mass is 16.5. The molecule has 0 aliphatic heterocycles. The van der Waals surface area contributed by atoms with Gasteiger partial charge in [0.25, 0.3) is 0 Å². The maximum absolute atomic E-state index is 5.59. The standard InChI is InChI=1S/C12H12N2O/c1-15-12-10(7-8-11(13)14-12)9-5-3-2-4-6-9/h2-8H,1H3,(H2,13,14). The van der Waals surface area contributed by atoms with Crippen LogP contribution in [0.25, 0.3) is 11.1 Å². The SMILES string of the molecule is COc1nc(N)ccc1-c1ccccc1. The summed E-state index contributed by atoms with van der Waals surface area (Å²) in [5.41, 5.74) is 7.61. The second-order valence-corrected chi connectivity index (χ2v) is 3.16. The molecule has 3 nitrogen and oxygen atoms in total. The summed E-state index contributed by atoms with van der Waals surface area (Å²) in [5.74, 6) is 1.02. The Labute approximate surface area is 88.5 Å². The Balaban J connectivity index is 2.53. The third-order valence-corrected chi connectivity index (χ3v) is 2.16. The van der Waals surface area contributed by atoms with Crippen molar-refractivity contribution in [1.82, 2.24) is 4.98 Å². The van der Waals surface area contributed by atoms with Crippen LogP contribution in [-0.4, -0.2) is 12.1 Å². The average Bonchev–Trinajstić information content (AvgIpc) is 2.30. The van der Waals surface area contributed by atoms with E-state index in [1.54, 1.807) is 13.2 Å². The third kappa shape index (κ3) is 1.91. The number of rotatable bonds is 2. The lowest BCUT2D eigenvalue weighted by Gasteiger charge is -2.07. The quantitative estimate of drug-likeness (QED) is 0.809. The number of pyridine rings is 1. The molecular weight excluding hydrogens is 188 g/mol. The summed E-state index contributed by atoms with van der Waals surface area (Å²) in [7, 11) is 1.59. The molecule has 2 N–H and O–H groups in total. The van der Waals surface area contributed by atoms with Gasteiger partial charge in [-0.05, 0) is 17.7 Å². The fourth-order valence-corrected chi connectivity index (χ4v) is 1.45. The lowest BCUT2D eigenvalue weighted by atomic mass is 10.1. The topological polar surface area (TPSA) is 48.1 Å². The summed E-state index contributed by atoms with van der Waals surface area (Å²) in [6.07, 6.45) is 0. The zero-order valence-electron chi connectivity index (χ0n) is 8.47. The molecule has 1 aromatic carbocycles. The van der Waals surface area contributed by atoms with Gasteiger partial charge in [0.15, 0.2) is 0 Å². The molecule has 0 saturated heterocycles. The maximum Gasteiger partial charge on any atom is 0.223 e. The molecule has 0 saturated carbocycles. The minimum Gasteiger partial charge on any atom is -0.480 e. The molecule has 1 heterocycles. The number of nitrogens with zero attached hydrogens (tertiary/aromatic N) is 1. The van der Waals surface area contributed by atoms with Crippen LogP contribution in [0.3, 0.4) is 0 Å². The molecule has 2 rings (SSSR count). The van der Waals surface area contributed by atoms with Crippen LogP contribution >= 0.6 is 0 Å². The maximum atomic E-state index is 5.59. The number of benzene rings is 1. The van der Waals surface area contributed by atoms with E-state index in [0.29, 0.717) is 11.7 Å². The van der Waals surface area contributed by atoms with Gasteiger partial charge in [0, 0.05) is 5.56 Å². The Morgan fingerprint density at radius 1 is 1.07 bits per heavy atom. The predicted octanol–water partition coefficient (Wildman–Crippen LogP) is 2.34. The van der Waals surface area contributed by atoms with Crippen LogP contribution in [0.2, 0.25) is 0 Å². The Morgan fingerprint density at radius 3 is 2.47 bits per heavy atom. The van der Waals surface area contributed by atoms with Crippen LogP contribution in [0.1, 0.15) is 0 Å². The summed E-state index contributed by atoms with van der Waals surface area (Å²) >= 11 is 0. The largest absolute Gasteiger partial charge is 0.480 e. The first kappa shape index (κ1) is 9.52. The molecule has 0 fully saturated rings. The molecule has 0 atom stereocenters. The van der Waals surface area contributed by atoms with Crippen LogP contribution < -0.4 is 10.5 Å². The number of hydrogen-bond donors (Lipinski definition) is 1. The lowest BCUT2D eigenvalue weighted by molar-refractivity contribution is 0.400. The van der Waals surface area contributed by atoms with Crippen molar-refractivity contribution in [1.29, 1.82) is 0 Å². The molecule has 76 valence electrons. The second-order valence-electron chi connectivity index (χ2n) is 3.16. The zero-order chi connectivity index (χ0) is 10.7. The fourth-order valence-electron chi connectivity index (χ4n) is 1.45. The van der Waals surface area contributed by atoms with Crippen molar-refractivity contribution in [3.05, 3.63) is 42.5 Å². The Morgan fingerprint density at radius 2 is 1.80 bits per heavy atom. The van der Waals surface area contributed by atoms with Gasteiger partial charge in [-0.2, -0.15) is 4.98 Å².